The summed E-state index contributed by atoms with van der Waals surface area (Å²) in [6, 6.07) is 0. The summed E-state index contributed by atoms with van der Waals surface area (Å²) in [6.07, 6.45) is 3.53. The summed E-state index contributed by atoms with van der Waals surface area (Å²) in [5.74, 6) is 0.564. The Labute approximate surface area is 93.9 Å². The van der Waals surface area contributed by atoms with Gasteiger partial charge >= 0.3 is 0 Å². The number of hydrogen-bond donors (Lipinski definition) is 1. The number of fused-ring (bicyclic) bond motifs is 1. The van der Waals surface area contributed by atoms with Crippen molar-refractivity contribution in [2.24, 2.45) is 0 Å². The SMILES string of the molecule is C1COCC(c2nc3c(s2)CNCC3)C1. The Morgan fingerprint density at radius 3 is 3.27 bits per heavy atom. The minimum atomic E-state index is 0.564. The lowest BCUT2D eigenvalue weighted by atomic mass is 10.0. The van der Waals surface area contributed by atoms with Crippen LogP contribution in [0.25, 0.3) is 0 Å². The van der Waals surface area contributed by atoms with Crippen LogP contribution < -0.4 is 5.32 Å². The van der Waals surface area contributed by atoms with Crippen molar-refractivity contribution in [3.63, 3.8) is 0 Å². The molecule has 1 N–H and O–H groups in total. The third kappa shape index (κ3) is 1.94. The molecule has 2 aliphatic heterocycles. The smallest absolute Gasteiger partial charge is 0.0985 e. The van der Waals surface area contributed by atoms with E-state index < -0.39 is 0 Å². The van der Waals surface area contributed by atoms with Gasteiger partial charge in [-0.25, -0.2) is 4.98 Å². The van der Waals surface area contributed by atoms with Crippen molar-refractivity contribution in [2.75, 3.05) is 19.8 Å². The second-order valence-corrected chi connectivity index (χ2v) is 5.38. The first-order chi connectivity index (χ1) is 7.43. The molecule has 0 saturated carbocycles. The van der Waals surface area contributed by atoms with E-state index in [2.05, 4.69) is 5.32 Å². The zero-order chi connectivity index (χ0) is 10.1. The maximum Gasteiger partial charge on any atom is 0.0985 e. The molecule has 4 heteroatoms. The van der Waals surface area contributed by atoms with Gasteiger partial charge in [0.15, 0.2) is 0 Å². The minimum Gasteiger partial charge on any atom is -0.381 e. The van der Waals surface area contributed by atoms with Crippen LogP contribution in [0.2, 0.25) is 0 Å². The number of nitrogens with one attached hydrogen (secondary N) is 1. The van der Waals surface area contributed by atoms with Crippen LogP contribution >= 0.6 is 11.3 Å². The Kier molecular flexibility index (Phi) is 2.73. The predicted molar refractivity (Wildman–Crippen MR) is 60.3 cm³/mol. The van der Waals surface area contributed by atoms with Crippen molar-refractivity contribution >= 4 is 11.3 Å². The van der Waals surface area contributed by atoms with Crippen molar-refractivity contribution < 1.29 is 4.74 Å². The lowest BCUT2D eigenvalue weighted by Crippen LogP contribution is -2.22. The van der Waals surface area contributed by atoms with Gasteiger partial charge in [0.25, 0.3) is 0 Å². The van der Waals surface area contributed by atoms with Gasteiger partial charge in [-0.3, -0.25) is 0 Å². The van der Waals surface area contributed by atoms with Crippen LogP contribution in [0.15, 0.2) is 0 Å². The first-order valence-electron chi connectivity index (χ1n) is 5.70. The van der Waals surface area contributed by atoms with E-state index in [1.54, 1.807) is 0 Å². The molecule has 1 unspecified atom stereocenters. The highest BCUT2D eigenvalue weighted by molar-refractivity contribution is 7.11. The number of aromatic nitrogens is 1. The highest BCUT2D eigenvalue weighted by Crippen LogP contribution is 2.31. The lowest BCUT2D eigenvalue weighted by Gasteiger charge is -2.19. The third-order valence-electron chi connectivity index (χ3n) is 3.13. The fourth-order valence-electron chi connectivity index (χ4n) is 2.26. The summed E-state index contributed by atoms with van der Waals surface area (Å²) < 4.78 is 5.52. The molecule has 15 heavy (non-hydrogen) atoms. The van der Waals surface area contributed by atoms with E-state index in [0.29, 0.717) is 5.92 Å². The Bertz CT molecular complexity index is 321. The van der Waals surface area contributed by atoms with Crippen LogP contribution in [-0.2, 0) is 17.7 Å². The second kappa shape index (κ2) is 4.20. The second-order valence-electron chi connectivity index (χ2n) is 4.26. The largest absolute Gasteiger partial charge is 0.381 e. The average Bonchev–Trinajstić information content (AvgIpc) is 2.74. The molecular formula is C11H16N2OS. The van der Waals surface area contributed by atoms with Crippen LogP contribution in [0.1, 0.15) is 34.3 Å². The van der Waals surface area contributed by atoms with E-state index in [9.17, 15) is 0 Å². The van der Waals surface area contributed by atoms with E-state index in [-0.39, 0.29) is 0 Å². The standard InChI is InChI=1S/C11H16N2OS/c1-2-8(7-14-5-1)11-13-9-3-4-12-6-10(9)15-11/h8,12H,1-7H2. The van der Waals surface area contributed by atoms with E-state index in [1.807, 2.05) is 11.3 Å². The number of nitrogens with zero attached hydrogens (tertiary/aromatic N) is 1. The highest BCUT2D eigenvalue weighted by atomic mass is 32.1. The van der Waals surface area contributed by atoms with Gasteiger partial charge in [-0.15, -0.1) is 11.3 Å². The summed E-state index contributed by atoms with van der Waals surface area (Å²) in [4.78, 5) is 6.22. The summed E-state index contributed by atoms with van der Waals surface area (Å²) >= 11 is 1.89. The molecule has 1 aromatic rings. The molecule has 3 rings (SSSR count). The fraction of sp³-hybridized carbons (Fsp3) is 0.727. The fourth-order valence-corrected chi connectivity index (χ4v) is 3.46. The van der Waals surface area contributed by atoms with E-state index in [0.717, 1.165) is 32.7 Å². The molecule has 1 fully saturated rings. The quantitative estimate of drug-likeness (QED) is 0.788. The molecule has 0 aliphatic carbocycles. The van der Waals surface area contributed by atoms with Gasteiger partial charge in [0.05, 0.1) is 17.3 Å². The van der Waals surface area contributed by atoms with Crippen LogP contribution in [0, 0.1) is 0 Å². The molecule has 1 saturated heterocycles. The number of hydrogen-bond acceptors (Lipinski definition) is 4. The molecule has 1 aromatic heterocycles. The Balaban J connectivity index is 1.82. The molecule has 3 heterocycles. The minimum absolute atomic E-state index is 0.564. The van der Waals surface area contributed by atoms with Crippen molar-refractivity contribution in [1.82, 2.24) is 10.3 Å². The number of rotatable bonds is 1. The molecule has 2 aliphatic rings. The lowest BCUT2D eigenvalue weighted by molar-refractivity contribution is 0.0803. The molecule has 82 valence electrons. The van der Waals surface area contributed by atoms with E-state index in [1.165, 1.54) is 28.4 Å². The van der Waals surface area contributed by atoms with E-state index in [4.69, 9.17) is 9.72 Å². The maximum atomic E-state index is 5.52. The molecule has 0 bridgehead atoms. The van der Waals surface area contributed by atoms with Gasteiger partial charge in [-0.2, -0.15) is 0 Å². The first kappa shape index (κ1) is 9.75. The summed E-state index contributed by atoms with van der Waals surface area (Å²) in [7, 11) is 0. The molecule has 0 spiro atoms. The van der Waals surface area contributed by atoms with Gasteiger partial charge in [0.2, 0.25) is 0 Å². The molecule has 3 nitrogen and oxygen atoms in total. The zero-order valence-electron chi connectivity index (χ0n) is 8.79. The van der Waals surface area contributed by atoms with Crippen LogP contribution in [0.5, 0.6) is 0 Å². The maximum absolute atomic E-state index is 5.52. The average molecular weight is 224 g/mol. The van der Waals surface area contributed by atoms with Crippen molar-refractivity contribution in [2.45, 2.75) is 31.7 Å². The molecular weight excluding hydrogens is 208 g/mol. The Morgan fingerprint density at radius 1 is 1.47 bits per heavy atom. The molecule has 0 amide bonds. The number of ether oxygens (including phenoxy) is 1. The van der Waals surface area contributed by atoms with Crippen molar-refractivity contribution in [3.8, 4) is 0 Å². The van der Waals surface area contributed by atoms with Crippen molar-refractivity contribution in [3.05, 3.63) is 15.6 Å². The first-order valence-corrected chi connectivity index (χ1v) is 6.52. The normalized spacial score (nSPS) is 26.3. The van der Waals surface area contributed by atoms with Crippen molar-refractivity contribution in [1.29, 1.82) is 0 Å². The van der Waals surface area contributed by atoms with Gasteiger partial charge in [0.1, 0.15) is 0 Å². The van der Waals surface area contributed by atoms with Gasteiger partial charge in [0, 0.05) is 36.9 Å². The van der Waals surface area contributed by atoms with Gasteiger partial charge in [-0.05, 0) is 12.8 Å². The monoisotopic (exact) mass is 224 g/mol. The van der Waals surface area contributed by atoms with Crippen LogP contribution in [0.4, 0.5) is 0 Å². The third-order valence-corrected chi connectivity index (χ3v) is 4.39. The van der Waals surface area contributed by atoms with Crippen LogP contribution in [-0.4, -0.2) is 24.7 Å². The summed E-state index contributed by atoms with van der Waals surface area (Å²) in [5.41, 5.74) is 1.33. The topological polar surface area (TPSA) is 34.1 Å². The molecule has 0 aromatic carbocycles. The Morgan fingerprint density at radius 2 is 2.47 bits per heavy atom. The van der Waals surface area contributed by atoms with Gasteiger partial charge < -0.3 is 10.1 Å². The summed E-state index contributed by atoms with van der Waals surface area (Å²) in [5, 5.41) is 4.71. The molecule has 0 radical (unpaired) electrons. The van der Waals surface area contributed by atoms with E-state index >= 15 is 0 Å². The molecule has 1 atom stereocenters. The van der Waals surface area contributed by atoms with Crippen LogP contribution in [0.3, 0.4) is 0 Å². The highest BCUT2D eigenvalue weighted by Gasteiger charge is 2.22. The zero-order valence-corrected chi connectivity index (χ0v) is 9.61. The number of thiazole rings is 1. The van der Waals surface area contributed by atoms with Gasteiger partial charge in [-0.1, -0.05) is 0 Å². The Hall–Kier alpha value is -0.450. The predicted octanol–water partition coefficient (Wildman–Crippen LogP) is 1.68. The summed E-state index contributed by atoms with van der Waals surface area (Å²) in [6.45, 7) is 3.90.